The van der Waals surface area contributed by atoms with E-state index in [2.05, 4.69) is 0 Å². The molecule has 5 rings (SSSR count). The van der Waals surface area contributed by atoms with Gasteiger partial charge in [0.05, 0.1) is 0 Å². The van der Waals surface area contributed by atoms with Crippen LogP contribution in [0, 0.1) is 27.7 Å². The van der Waals surface area contributed by atoms with E-state index in [0.29, 0.717) is 9.81 Å². The molecule has 0 aromatic heterocycles. The van der Waals surface area contributed by atoms with Crippen LogP contribution in [0.25, 0.3) is 0 Å². The van der Waals surface area contributed by atoms with Crippen LogP contribution in [-0.4, -0.2) is 36.5 Å². The zero-order valence-corrected chi connectivity index (χ0v) is 29.4. The zero-order valence-electron chi connectivity index (χ0n) is 24.3. The van der Waals surface area contributed by atoms with E-state index in [0.717, 1.165) is 22.3 Å². The van der Waals surface area contributed by atoms with Crippen LogP contribution in [0.4, 0.5) is 0 Å². The molecular formula is C34H33BiO6S2. The minimum atomic E-state index is -6.85. The normalized spacial score (nSPS) is 13.3. The number of rotatable bonds is 9. The maximum absolute atomic E-state index is 14.5. The van der Waals surface area contributed by atoms with Gasteiger partial charge < -0.3 is 0 Å². The van der Waals surface area contributed by atoms with Gasteiger partial charge in [-0.05, 0) is 0 Å². The Morgan fingerprint density at radius 3 is 1.00 bits per heavy atom. The molecular weight excluding hydrogens is 777 g/mol. The SMILES string of the molecule is Cc1ccc(S(=O)(=O)[O][Bi]([O]S(=O)(=O)c2ccc(C)c(C)c2)([c]2ccccc2)([c]2ccccc2)[c]2ccccc2)cc1C. The molecule has 0 saturated heterocycles. The molecule has 0 N–H and O–H groups in total. The standard InChI is InChI=1S/2C8H10O3S.3C6H5.Bi/c2*1-6-3-4-8(5-7(6)2)12(9,10)11;3*1-2-4-6-5-3-1;/h2*3-5H,1-2H3,(H,9,10,11);3*1-5H;/q;;;;;+2/p-2. The molecule has 6 nitrogen and oxygen atoms in total. The van der Waals surface area contributed by atoms with E-state index < -0.39 is 39.9 Å². The molecule has 0 heterocycles. The van der Waals surface area contributed by atoms with E-state index in [4.69, 9.17) is 4.52 Å². The average Bonchev–Trinajstić information content (AvgIpc) is 3.00. The van der Waals surface area contributed by atoms with Gasteiger partial charge in [0.15, 0.2) is 0 Å². The Hall–Kier alpha value is -3.20. The molecule has 43 heavy (non-hydrogen) atoms. The first kappa shape index (κ1) is 31.2. The first-order valence-electron chi connectivity index (χ1n) is 13.7. The fraction of sp³-hybridized carbons (Fsp3) is 0.118. The summed E-state index contributed by atoms with van der Waals surface area (Å²) in [6.45, 7) is 7.39. The summed E-state index contributed by atoms with van der Waals surface area (Å²) in [7, 11) is -9.25. The fourth-order valence-electron chi connectivity index (χ4n) is 5.01. The van der Waals surface area contributed by atoms with Crippen LogP contribution in [0.1, 0.15) is 22.3 Å². The van der Waals surface area contributed by atoms with E-state index in [9.17, 15) is 16.8 Å². The van der Waals surface area contributed by atoms with Crippen LogP contribution in [0.15, 0.2) is 137 Å². The van der Waals surface area contributed by atoms with Crippen LogP contribution in [0.2, 0.25) is 0 Å². The molecule has 5 aromatic rings. The Bertz CT molecular complexity index is 1810. The molecule has 0 bridgehead atoms. The van der Waals surface area contributed by atoms with Gasteiger partial charge in [-0.1, -0.05) is 0 Å². The van der Waals surface area contributed by atoms with Gasteiger partial charge in [0, 0.05) is 0 Å². The third-order valence-electron chi connectivity index (χ3n) is 7.69. The molecule has 0 amide bonds. The van der Waals surface area contributed by atoms with Crippen molar-refractivity contribution >= 4 is 49.7 Å². The first-order chi connectivity index (χ1) is 20.4. The predicted octanol–water partition coefficient (Wildman–Crippen LogP) is 5.15. The Labute approximate surface area is 256 Å². The maximum atomic E-state index is 14.5. The second-order valence-electron chi connectivity index (χ2n) is 10.5. The fourth-order valence-corrected chi connectivity index (χ4v) is 37.1. The van der Waals surface area contributed by atoms with Gasteiger partial charge in [-0.2, -0.15) is 0 Å². The molecule has 0 aliphatic heterocycles. The van der Waals surface area contributed by atoms with Crippen molar-refractivity contribution in [1.82, 2.24) is 0 Å². The van der Waals surface area contributed by atoms with Crippen molar-refractivity contribution in [1.29, 1.82) is 0 Å². The molecule has 0 saturated carbocycles. The van der Waals surface area contributed by atoms with Crippen molar-refractivity contribution in [2.75, 3.05) is 0 Å². The van der Waals surface area contributed by atoms with Gasteiger partial charge in [0.2, 0.25) is 0 Å². The summed E-state index contributed by atoms with van der Waals surface area (Å²) in [5.41, 5.74) is 3.32. The summed E-state index contributed by atoms with van der Waals surface area (Å²) in [6, 6.07) is 35.3. The summed E-state index contributed by atoms with van der Waals surface area (Å²) in [6.07, 6.45) is 0. The zero-order chi connectivity index (χ0) is 30.9. The summed E-state index contributed by atoms with van der Waals surface area (Å²) in [4.78, 5) is -0.181. The van der Waals surface area contributed by atoms with Crippen molar-refractivity contribution in [2.24, 2.45) is 0 Å². The number of hydrogen-bond acceptors (Lipinski definition) is 6. The van der Waals surface area contributed by atoms with E-state index >= 15 is 0 Å². The van der Waals surface area contributed by atoms with Crippen molar-refractivity contribution in [3.63, 3.8) is 0 Å². The van der Waals surface area contributed by atoms with Gasteiger partial charge in [0.25, 0.3) is 0 Å². The van der Waals surface area contributed by atoms with Crippen LogP contribution < -0.4 is 9.81 Å². The molecule has 0 aliphatic rings. The predicted molar refractivity (Wildman–Crippen MR) is 172 cm³/mol. The molecule has 0 atom stereocenters. The Balaban J connectivity index is 1.96. The summed E-state index contributed by atoms with van der Waals surface area (Å²) >= 11 is -6.85. The van der Waals surface area contributed by atoms with Crippen molar-refractivity contribution < 1.29 is 21.4 Å². The Morgan fingerprint density at radius 1 is 0.419 bits per heavy atom. The van der Waals surface area contributed by atoms with Crippen LogP contribution in [-0.2, 0) is 24.8 Å². The van der Waals surface area contributed by atoms with E-state index in [1.54, 1.807) is 103 Å². The Morgan fingerprint density at radius 2 is 0.721 bits per heavy atom. The molecule has 0 unspecified atom stereocenters. The second-order valence-corrected chi connectivity index (χ2v) is 30.5. The topological polar surface area (TPSA) is 86.7 Å². The van der Waals surface area contributed by atoms with Gasteiger partial charge in [-0.25, -0.2) is 0 Å². The summed E-state index contributed by atoms with van der Waals surface area (Å²) in [5, 5.41) is 0. The molecule has 0 aliphatic carbocycles. The Kier molecular flexibility index (Phi) is 8.51. The third-order valence-corrected chi connectivity index (χ3v) is 35.9. The number of aryl methyl sites for hydroxylation is 4. The summed E-state index contributed by atoms with van der Waals surface area (Å²) in [5.74, 6) is 0. The average molecular weight is 811 g/mol. The van der Waals surface area contributed by atoms with Gasteiger partial charge in [0.1, 0.15) is 0 Å². The molecule has 222 valence electrons. The van der Waals surface area contributed by atoms with E-state index in [1.165, 1.54) is 24.3 Å². The van der Waals surface area contributed by atoms with Crippen LogP contribution in [0.3, 0.4) is 0 Å². The van der Waals surface area contributed by atoms with Gasteiger partial charge in [-0.3, -0.25) is 0 Å². The van der Waals surface area contributed by atoms with E-state index in [-0.39, 0.29) is 9.79 Å². The molecule has 0 spiro atoms. The second kappa shape index (κ2) is 11.7. The number of hydrogen-bond donors (Lipinski definition) is 0. The monoisotopic (exact) mass is 810 g/mol. The van der Waals surface area contributed by atoms with Crippen molar-refractivity contribution in [2.45, 2.75) is 37.5 Å². The van der Waals surface area contributed by atoms with Crippen molar-refractivity contribution in [3.8, 4) is 0 Å². The molecule has 0 fully saturated rings. The third kappa shape index (κ3) is 5.61. The first-order valence-corrected chi connectivity index (χ1v) is 24.5. The number of benzene rings is 5. The van der Waals surface area contributed by atoms with Crippen LogP contribution >= 0.6 is 0 Å². The molecule has 9 heteroatoms. The van der Waals surface area contributed by atoms with Gasteiger partial charge in [-0.15, -0.1) is 0 Å². The minimum absolute atomic E-state index is 0.0907. The quantitative estimate of drug-likeness (QED) is 0.192. The summed E-state index contributed by atoms with van der Waals surface area (Å²) < 4.78 is 72.4. The molecule has 0 radical (unpaired) electrons. The molecule has 5 aromatic carbocycles. The van der Waals surface area contributed by atoms with Gasteiger partial charge >= 0.3 is 258 Å². The van der Waals surface area contributed by atoms with Crippen LogP contribution in [0.5, 0.6) is 0 Å². The van der Waals surface area contributed by atoms with Crippen molar-refractivity contribution in [3.05, 3.63) is 150 Å². The van der Waals surface area contributed by atoms with E-state index in [1.807, 2.05) is 27.7 Å².